The summed E-state index contributed by atoms with van der Waals surface area (Å²) in [6.07, 6.45) is 6.84. The fraction of sp³-hybridized carbons (Fsp3) is 0.706. The van der Waals surface area contributed by atoms with E-state index in [9.17, 15) is 9.59 Å². The molecule has 1 aliphatic rings. The molecule has 24 heavy (non-hydrogen) atoms. The first kappa shape index (κ1) is 18.3. The van der Waals surface area contributed by atoms with Crippen LogP contribution in [0.3, 0.4) is 0 Å². The number of carbonyl (C=O) groups excluding carboxylic acids is 2. The Bertz CT molecular complexity index is 561. The van der Waals surface area contributed by atoms with Crippen molar-refractivity contribution in [3.05, 3.63) is 17.5 Å². The van der Waals surface area contributed by atoms with E-state index < -0.39 is 0 Å². The predicted octanol–water partition coefficient (Wildman–Crippen LogP) is 1.88. The Morgan fingerprint density at radius 2 is 1.92 bits per heavy atom. The molecule has 0 unspecified atom stereocenters. The summed E-state index contributed by atoms with van der Waals surface area (Å²) in [4.78, 5) is 26.1. The van der Waals surface area contributed by atoms with E-state index in [0.29, 0.717) is 13.0 Å². The number of amides is 3. The number of nitrogens with one attached hydrogen (secondary N) is 2. The van der Waals surface area contributed by atoms with E-state index in [4.69, 9.17) is 0 Å². The molecular formula is C17H29N5O2. The molecule has 2 heterocycles. The summed E-state index contributed by atoms with van der Waals surface area (Å²) in [5, 5.41) is 9.93. The van der Waals surface area contributed by atoms with Gasteiger partial charge in [-0.05, 0) is 26.7 Å². The van der Waals surface area contributed by atoms with Gasteiger partial charge in [0, 0.05) is 44.9 Å². The van der Waals surface area contributed by atoms with Crippen LogP contribution in [-0.4, -0.2) is 46.3 Å². The van der Waals surface area contributed by atoms with E-state index in [0.717, 1.165) is 37.2 Å². The second-order valence-corrected chi connectivity index (χ2v) is 6.51. The fourth-order valence-electron chi connectivity index (χ4n) is 3.13. The summed E-state index contributed by atoms with van der Waals surface area (Å²) in [7, 11) is 1.86. The molecule has 1 fully saturated rings. The minimum atomic E-state index is -0.255. The van der Waals surface area contributed by atoms with Crippen LogP contribution in [0.15, 0.2) is 6.20 Å². The van der Waals surface area contributed by atoms with Gasteiger partial charge < -0.3 is 15.5 Å². The Balaban J connectivity index is 1.71. The quantitative estimate of drug-likeness (QED) is 0.862. The minimum absolute atomic E-state index is 0.125. The Hall–Kier alpha value is -2.05. The number of carbonyl (C=O) groups is 2. The molecular weight excluding hydrogens is 306 g/mol. The molecule has 0 radical (unpaired) electrons. The molecule has 1 aromatic rings. The molecule has 0 bridgehead atoms. The van der Waals surface area contributed by atoms with Gasteiger partial charge in [-0.25, -0.2) is 4.79 Å². The highest BCUT2D eigenvalue weighted by atomic mass is 16.2. The van der Waals surface area contributed by atoms with Gasteiger partial charge in [-0.2, -0.15) is 5.10 Å². The number of urea groups is 1. The zero-order chi connectivity index (χ0) is 17.5. The lowest BCUT2D eigenvalue weighted by Gasteiger charge is -2.20. The van der Waals surface area contributed by atoms with Crippen LogP contribution in [-0.2, 0) is 11.8 Å². The average molecular weight is 335 g/mol. The first-order valence-electron chi connectivity index (χ1n) is 8.79. The van der Waals surface area contributed by atoms with Crippen molar-refractivity contribution in [3.63, 3.8) is 0 Å². The standard InChI is InChI=1S/C17H29N5O2/c1-13(15-12-21(3)20-14(15)2)19-17(24)18-9-8-16(23)22-10-6-4-5-7-11-22/h12-13H,4-11H2,1-3H3,(H2,18,19,24)/t13-/m0/s1. The number of likely N-dealkylation sites (tertiary alicyclic amines) is 1. The van der Waals surface area contributed by atoms with Crippen LogP contribution in [0.2, 0.25) is 0 Å². The predicted molar refractivity (Wildman–Crippen MR) is 92.6 cm³/mol. The van der Waals surface area contributed by atoms with Crippen LogP contribution in [0.25, 0.3) is 0 Å². The molecule has 134 valence electrons. The minimum Gasteiger partial charge on any atom is -0.343 e. The topological polar surface area (TPSA) is 79.3 Å². The third-order valence-corrected chi connectivity index (χ3v) is 4.45. The molecule has 0 aliphatic carbocycles. The van der Waals surface area contributed by atoms with Crippen molar-refractivity contribution in [2.24, 2.45) is 7.05 Å². The highest BCUT2D eigenvalue weighted by molar-refractivity contribution is 5.78. The SMILES string of the molecule is Cc1nn(C)cc1[C@H](C)NC(=O)NCCC(=O)N1CCCCCC1. The second kappa shape index (κ2) is 8.70. The molecule has 2 N–H and O–H groups in total. The van der Waals surface area contributed by atoms with Gasteiger partial charge in [-0.15, -0.1) is 0 Å². The summed E-state index contributed by atoms with van der Waals surface area (Å²) in [6.45, 7) is 5.90. The number of hydrogen-bond acceptors (Lipinski definition) is 3. The lowest BCUT2D eigenvalue weighted by molar-refractivity contribution is -0.131. The summed E-state index contributed by atoms with van der Waals surface area (Å²) in [5.41, 5.74) is 1.90. The van der Waals surface area contributed by atoms with Gasteiger partial charge in [-0.3, -0.25) is 9.48 Å². The molecule has 1 saturated heterocycles. The van der Waals surface area contributed by atoms with Crippen molar-refractivity contribution in [1.82, 2.24) is 25.3 Å². The van der Waals surface area contributed by atoms with E-state index in [1.807, 2.05) is 32.0 Å². The molecule has 0 saturated carbocycles. The lowest BCUT2D eigenvalue weighted by Crippen LogP contribution is -2.40. The molecule has 1 aromatic heterocycles. The lowest BCUT2D eigenvalue weighted by atomic mass is 10.1. The van der Waals surface area contributed by atoms with Gasteiger partial charge in [0.15, 0.2) is 0 Å². The molecule has 3 amide bonds. The third-order valence-electron chi connectivity index (χ3n) is 4.45. The average Bonchev–Trinajstić information content (AvgIpc) is 2.74. The first-order valence-corrected chi connectivity index (χ1v) is 8.79. The molecule has 1 atom stereocenters. The van der Waals surface area contributed by atoms with E-state index >= 15 is 0 Å². The highest BCUT2D eigenvalue weighted by Crippen LogP contribution is 2.15. The van der Waals surface area contributed by atoms with Gasteiger partial charge in [0.25, 0.3) is 0 Å². The van der Waals surface area contributed by atoms with Crippen molar-refractivity contribution in [3.8, 4) is 0 Å². The second-order valence-electron chi connectivity index (χ2n) is 6.51. The normalized spacial score (nSPS) is 16.4. The zero-order valence-corrected chi connectivity index (χ0v) is 15.0. The van der Waals surface area contributed by atoms with Crippen LogP contribution in [0.1, 0.15) is 56.3 Å². The molecule has 0 spiro atoms. The van der Waals surface area contributed by atoms with E-state index in [2.05, 4.69) is 15.7 Å². The van der Waals surface area contributed by atoms with Crippen LogP contribution in [0.5, 0.6) is 0 Å². The van der Waals surface area contributed by atoms with Crippen molar-refractivity contribution in [1.29, 1.82) is 0 Å². The molecule has 2 rings (SSSR count). The number of hydrogen-bond donors (Lipinski definition) is 2. The highest BCUT2D eigenvalue weighted by Gasteiger charge is 2.17. The van der Waals surface area contributed by atoms with Crippen LogP contribution in [0.4, 0.5) is 4.79 Å². The zero-order valence-electron chi connectivity index (χ0n) is 15.0. The van der Waals surface area contributed by atoms with Crippen molar-refractivity contribution in [2.45, 2.75) is 52.0 Å². The Kier molecular flexibility index (Phi) is 6.63. The fourth-order valence-corrected chi connectivity index (χ4v) is 3.13. The Morgan fingerprint density at radius 3 is 2.50 bits per heavy atom. The van der Waals surface area contributed by atoms with E-state index in [1.54, 1.807) is 4.68 Å². The summed E-state index contributed by atoms with van der Waals surface area (Å²) < 4.78 is 1.74. The number of aryl methyl sites for hydroxylation is 2. The summed E-state index contributed by atoms with van der Waals surface area (Å²) >= 11 is 0. The largest absolute Gasteiger partial charge is 0.343 e. The van der Waals surface area contributed by atoms with Crippen LogP contribution < -0.4 is 10.6 Å². The van der Waals surface area contributed by atoms with Gasteiger partial charge >= 0.3 is 6.03 Å². The summed E-state index contributed by atoms with van der Waals surface area (Å²) in [6, 6.07) is -0.380. The maximum atomic E-state index is 12.2. The molecule has 7 heteroatoms. The van der Waals surface area contributed by atoms with Gasteiger partial charge in [0.1, 0.15) is 0 Å². The van der Waals surface area contributed by atoms with Gasteiger partial charge in [-0.1, -0.05) is 12.8 Å². The number of aromatic nitrogens is 2. The van der Waals surface area contributed by atoms with E-state index in [-0.39, 0.29) is 18.0 Å². The van der Waals surface area contributed by atoms with Crippen molar-refractivity contribution < 1.29 is 9.59 Å². The van der Waals surface area contributed by atoms with E-state index in [1.165, 1.54) is 12.8 Å². The monoisotopic (exact) mass is 335 g/mol. The maximum absolute atomic E-state index is 12.2. The third kappa shape index (κ3) is 5.25. The van der Waals surface area contributed by atoms with Crippen molar-refractivity contribution >= 4 is 11.9 Å². The maximum Gasteiger partial charge on any atom is 0.315 e. The van der Waals surface area contributed by atoms with Gasteiger partial charge in [0.05, 0.1) is 11.7 Å². The van der Waals surface area contributed by atoms with Gasteiger partial charge in [0.2, 0.25) is 5.91 Å². The molecule has 0 aromatic carbocycles. The first-order chi connectivity index (χ1) is 11.5. The number of nitrogens with zero attached hydrogens (tertiary/aromatic N) is 3. The summed E-state index contributed by atoms with van der Waals surface area (Å²) in [5.74, 6) is 0.133. The Morgan fingerprint density at radius 1 is 1.25 bits per heavy atom. The number of rotatable bonds is 5. The van der Waals surface area contributed by atoms with Crippen LogP contribution >= 0.6 is 0 Å². The van der Waals surface area contributed by atoms with Crippen LogP contribution in [0, 0.1) is 6.92 Å². The Labute approximate surface area is 143 Å². The smallest absolute Gasteiger partial charge is 0.315 e. The molecule has 1 aliphatic heterocycles. The van der Waals surface area contributed by atoms with Crippen molar-refractivity contribution in [2.75, 3.05) is 19.6 Å². The molecule has 7 nitrogen and oxygen atoms in total.